The van der Waals surface area contributed by atoms with Gasteiger partial charge in [-0.25, -0.2) is 9.78 Å². The van der Waals surface area contributed by atoms with Crippen molar-refractivity contribution in [1.29, 1.82) is 0 Å². The minimum atomic E-state index is -1.47. The molecule has 0 amide bonds. The second kappa shape index (κ2) is 4.75. The van der Waals surface area contributed by atoms with Crippen molar-refractivity contribution in [3.8, 4) is 0 Å². The molecule has 0 saturated carbocycles. The van der Waals surface area contributed by atoms with E-state index in [2.05, 4.69) is 9.97 Å². The third-order valence-corrected chi connectivity index (χ3v) is 3.06. The predicted octanol–water partition coefficient (Wildman–Crippen LogP) is 0.750. The molecule has 0 bridgehead atoms. The molecular formula is C13H11N5O3. The zero-order valence-electron chi connectivity index (χ0n) is 10.8. The van der Waals surface area contributed by atoms with Gasteiger partial charge in [-0.3, -0.25) is 4.79 Å². The summed E-state index contributed by atoms with van der Waals surface area (Å²) in [5, 5.41) is 9.04. The van der Waals surface area contributed by atoms with Gasteiger partial charge in [0.25, 0.3) is 5.56 Å². The highest BCUT2D eigenvalue weighted by molar-refractivity contribution is 5.78. The first-order valence-corrected chi connectivity index (χ1v) is 6.08. The number of hydrogen-bond acceptors (Lipinski definition) is 5. The lowest BCUT2D eigenvalue weighted by atomic mass is 10.2. The molecule has 21 heavy (non-hydrogen) atoms. The van der Waals surface area contributed by atoms with Crippen molar-refractivity contribution in [1.82, 2.24) is 19.1 Å². The standard InChI is InChI=1S/C13H11N5O3/c14-12-16-10-9(11(19)18(12)13(20)21)17(7-15-10)6-8-4-2-1-3-5-8/h1-5,7H,6H2,(H2,14,16)(H,20,21). The van der Waals surface area contributed by atoms with Crippen molar-refractivity contribution in [3.63, 3.8) is 0 Å². The van der Waals surface area contributed by atoms with Gasteiger partial charge in [-0.1, -0.05) is 30.3 Å². The number of rotatable bonds is 2. The maximum Gasteiger partial charge on any atom is 0.421 e. The number of nitrogens with two attached hydrogens (primary N) is 1. The first-order chi connectivity index (χ1) is 10.1. The van der Waals surface area contributed by atoms with E-state index in [0.29, 0.717) is 11.1 Å². The van der Waals surface area contributed by atoms with Crippen LogP contribution in [0.2, 0.25) is 0 Å². The number of carboxylic acid groups (broad SMARTS) is 1. The smallest absolute Gasteiger partial charge is 0.421 e. The largest absolute Gasteiger partial charge is 0.464 e. The number of hydrogen-bond donors (Lipinski definition) is 2. The number of benzene rings is 1. The van der Waals surface area contributed by atoms with Crippen LogP contribution in [0.3, 0.4) is 0 Å². The molecular weight excluding hydrogens is 274 g/mol. The number of nitrogens with zero attached hydrogens (tertiary/aromatic N) is 4. The fourth-order valence-corrected chi connectivity index (χ4v) is 2.13. The molecule has 8 nitrogen and oxygen atoms in total. The molecule has 2 heterocycles. The first kappa shape index (κ1) is 12.9. The van der Waals surface area contributed by atoms with Crippen LogP contribution in [0.25, 0.3) is 11.2 Å². The third-order valence-electron chi connectivity index (χ3n) is 3.06. The Morgan fingerprint density at radius 2 is 2.00 bits per heavy atom. The van der Waals surface area contributed by atoms with Gasteiger partial charge >= 0.3 is 6.09 Å². The number of imidazole rings is 1. The molecule has 0 fully saturated rings. The molecule has 3 aromatic rings. The van der Waals surface area contributed by atoms with E-state index < -0.39 is 17.6 Å². The Labute approximate surface area is 118 Å². The van der Waals surface area contributed by atoms with Crippen molar-refractivity contribution in [2.75, 3.05) is 5.73 Å². The molecule has 3 rings (SSSR count). The van der Waals surface area contributed by atoms with Crippen LogP contribution in [0.5, 0.6) is 0 Å². The molecule has 106 valence electrons. The highest BCUT2D eigenvalue weighted by atomic mass is 16.4. The van der Waals surface area contributed by atoms with E-state index in [-0.39, 0.29) is 11.2 Å². The lowest BCUT2D eigenvalue weighted by Crippen LogP contribution is -2.30. The summed E-state index contributed by atoms with van der Waals surface area (Å²) in [6.07, 6.45) is -0.0307. The Hall–Kier alpha value is -3.16. The third kappa shape index (κ3) is 2.12. The Morgan fingerprint density at radius 3 is 2.67 bits per heavy atom. The zero-order valence-corrected chi connectivity index (χ0v) is 10.8. The minimum Gasteiger partial charge on any atom is -0.464 e. The second-order valence-corrected chi connectivity index (χ2v) is 4.42. The van der Waals surface area contributed by atoms with Crippen LogP contribution < -0.4 is 11.3 Å². The summed E-state index contributed by atoms with van der Waals surface area (Å²) in [6.45, 7) is 0.387. The van der Waals surface area contributed by atoms with E-state index in [1.165, 1.54) is 6.33 Å². The van der Waals surface area contributed by atoms with Crippen molar-refractivity contribution in [2.45, 2.75) is 6.54 Å². The fourth-order valence-electron chi connectivity index (χ4n) is 2.13. The van der Waals surface area contributed by atoms with Gasteiger partial charge in [-0.05, 0) is 5.56 Å². The lowest BCUT2D eigenvalue weighted by molar-refractivity contribution is 0.196. The predicted molar refractivity (Wildman–Crippen MR) is 75.2 cm³/mol. The van der Waals surface area contributed by atoms with Crippen molar-refractivity contribution in [3.05, 3.63) is 52.6 Å². The van der Waals surface area contributed by atoms with Crippen LogP contribution in [-0.4, -0.2) is 30.3 Å². The number of nitrogen functional groups attached to an aromatic ring is 1. The molecule has 0 aliphatic rings. The first-order valence-electron chi connectivity index (χ1n) is 6.08. The van der Waals surface area contributed by atoms with Gasteiger partial charge in [-0.2, -0.15) is 9.55 Å². The van der Waals surface area contributed by atoms with Gasteiger partial charge in [0.15, 0.2) is 11.2 Å². The van der Waals surface area contributed by atoms with Gasteiger partial charge in [0.1, 0.15) is 0 Å². The van der Waals surface area contributed by atoms with E-state index in [1.807, 2.05) is 30.3 Å². The molecule has 2 aromatic heterocycles. The summed E-state index contributed by atoms with van der Waals surface area (Å²) in [7, 11) is 0. The van der Waals surface area contributed by atoms with Crippen LogP contribution in [0.4, 0.5) is 10.7 Å². The van der Waals surface area contributed by atoms with E-state index in [9.17, 15) is 9.59 Å². The molecule has 0 spiro atoms. The normalized spacial score (nSPS) is 10.9. The maximum atomic E-state index is 12.3. The average molecular weight is 285 g/mol. The molecule has 8 heteroatoms. The molecule has 0 radical (unpaired) electrons. The van der Waals surface area contributed by atoms with E-state index >= 15 is 0 Å². The van der Waals surface area contributed by atoms with Crippen LogP contribution >= 0.6 is 0 Å². The molecule has 0 aliphatic heterocycles. The van der Waals surface area contributed by atoms with E-state index in [0.717, 1.165) is 5.56 Å². The summed E-state index contributed by atoms with van der Waals surface area (Å²) in [6, 6.07) is 9.42. The van der Waals surface area contributed by atoms with Crippen LogP contribution in [0.1, 0.15) is 5.56 Å². The van der Waals surface area contributed by atoms with Crippen LogP contribution in [-0.2, 0) is 6.54 Å². The number of anilines is 1. The van der Waals surface area contributed by atoms with Gasteiger partial charge < -0.3 is 15.4 Å². The lowest BCUT2D eigenvalue weighted by Gasteiger charge is -2.06. The Bertz CT molecular complexity index is 882. The summed E-state index contributed by atoms with van der Waals surface area (Å²) in [4.78, 5) is 31.2. The van der Waals surface area contributed by atoms with E-state index in [4.69, 9.17) is 10.8 Å². The maximum absolute atomic E-state index is 12.3. The molecule has 0 saturated heterocycles. The zero-order chi connectivity index (χ0) is 15.0. The quantitative estimate of drug-likeness (QED) is 0.717. The monoisotopic (exact) mass is 285 g/mol. The van der Waals surface area contributed by atoms with Crippen LogP contribution in [0.15, 0.2) is 41.5 Å². The Balaban J connectivity index is 2.20. The second-order valence-electron chi connectivity index (χ2n) is 4.42. The van der Waals surface area contributed by atoms with Gasteiger partial charge in [0.05, 0.1) is 6.33 Å². The van der Waals surface area contributed by atoms with E-state index in [1.54, 1.807) is 4.57 Å². The van der Waals surface area contributed by atoms with Crippen molar-refractivity contribution < 1.29 is 9.90 Å². The molecule has 0 atom stereocenters. The molecule has 0 unspecified atom stereocenters. The molecule has 0 aliphatic carbocycles. The topological polar surface area (TPSA) is 116 Å². The summed E-state index contributed by atoms with van der Waals surface area (Å²) in [5.74, 6) is -0.398. The van der Waals surface area contributed by atoms with Gasteiger partial charge in [-0.15, -0.1) is 0 Å². The summed E-state index contributed by atoms with van der Waals surface area (Å²) < 4.78 is 1.96. The average Bonchev–Trinajstić information content (AvgIpc) is 2.82. The van der Waals surface area contributed by atoms with Gasteiger partial charge in [0, 0.05) is 6.54 Å². The molecule has 3 N–H and O–H groups in total. The Kier molecular flexibility index (Phi) is 2.90. The van der Waals surface area contributed by atoms with Gasteiger partial charge in [0.2, 0.25) is 5.95 Å². The fraction of sp³-hybridized carbons (Fsp3) is 0.0769. The minimum absolute atomic E-state index is 0.107. The van der Waals surface area contributed by atoms with Crippen molar-refractivity contribution in [2.24, 2.45) is 0 Å². The highest BCUT2D eigenvalue weighted by Crippen LogP contribution is 2.11. The molecule has 1 aromatic carbocycles. The number of aromatic nitrogens is 4. The number of carbonyl (C=O) groups is 1. The highest BCUT2D eigenvalue weighted by Gasteiger charge is 2.18. The Morgan fingerprint density at radius 1 is 1.29 bits per heavy atom. The number of fused-ring (bicyclic) bond motifs is 1. The summed E-state index contributed by atoms with van der Waals surface area (Å²) in [5.41, 5.74) is 5.91. The van der Waals surface area contributed by atoms with Crippen molar-refractivity contribution >= 4 is 23.2 Å². The summed E-state index contributed by atoms with van der Waals surface area (Å²) >= 11 is 0. The SMILES string of the molecule is Nc1nc2ncn(Cc3ccccc3)c2c(=O)n1C(=O)O. The van der Waals surface area contributed by atoms with Crippen LogP contribution in [0, 0.1) is 0 Å².